The van der Waals surface area contributed by atoms with E-state index in [1.54, 1.807) is 7.11 Å². The average Bonchev–Trinajstić information content (AvgIpc) is 3.20. The molecule has 1 aromatic heterocycles. The third-order valence-electron chi connectivity index (χ3n) is 3.89. The van der Waals surface area contributed by atoms with Gasteiger partial charge in [0.05, 0.1) is 13.2 Å². The van der Waals surface area contributed by atoms with Crippen molar-refractivity contribution >= 4 is 27.9 Å². The van der Waals surface area contributed by atoms with Crippen molar-refractivity contribution in [3.8, 4) is 5.75 Å². The Labute approximate surface area is 127 Å². The van der Waals surface area contributed by atoms with Gasteiger partial charge in [-0.3, -0.25) is 4.79 Å². The zero-order valence-electron chi connectivity index (χ0n) is 12.1. The van der Waals surface area contributed by atoms with Gasteiger partial charge in [0, 0.05) is 19.1 Å². The molecule has 7 heteroatoms. The minimum Gasteiger partial charge on any atom is -0.492 e. The number of piperidine rings is 1. The Kier molecular flexibility index (Phi) is 3.95. The number of methoxy groups -OCH3 is 1. The zero-order chi connectivity index (χ0) is 15.0. The number of aliphatic hydroxyl groups is 1. The Morgan fingerprint density at radius 2 is 2.24 bits per heavy atom. The number of amides is 1. The van der Waals surface area contributed by atoms with Crippen LogP contribution in [0.3, 0.4) is 0 Å². The number of hydrogen-bond acceptors (Lipinski definition) is 6. The lowest BCUT2D eigenvalue weighted by Crippen LogP contribution is -2.37. The van der Waals surface area contributed by atoms with Crippen molar-refractivity contribution in [1.29, 1.82) is 0 Å². The maximum atomic E-state index is 12.2. The highest BCUT2D eigenvalue weighted by Crippen LogP contribution is 2.45. The van der Waals surface area contributed by atoms with E-state index in [9.17, 15) is 9.90 Å². The van der Waals surface area contributed by atoms with Gasteiger partial charge in [-0.05, 0) is 25.7 Å². The maximum Gasteiger partial charge on any atom is 0.263 e. The molecule has 1 aromatic rings. The predicted molar refractivity (Wildman–Crippen MR) is 83.2 cm³/mol. The monoisotopic (exact) mass is 311 g/mol. The number of nitrogens with zero attached hydrogens (tertiary/aromatic N) is 1. The summed E-state index contributed by atoms with van der Waals surface area (Å²) in [5, 5.41) is 13.6. The van der Waals surface area contributed by atoms with Crippen molar-refractivity contribution in [2.75, 3.05) is 30.8 Å². The van der Waals surface area contributed by atoms with Crippen molar-refractivity contribution in [3.05, 3.63) is 4.88 Å². The molecule has 21 heavy (non-hydrogen) atoms. The van der Waals surface area contributed by atoms with Gasteiger partial charge in [-0.2, -0.15) is 0 Å². The van der Waals surface area contributed by atoms with Crippen LogP contribution in [0.15, 0.2) is 0 Å². The molecule has 116 valence electrons. The van der Waals surface area contributed by atoms with Crippen molar-refractivity contribution < 1.29 is 14.6 Å². The number of anilines is 2. The molecular formula is C14H21N3O3S. The highest BCUT2D eigenvalue weighted by atomic mass is 32.1. The first kappa shape index (κ1) is 14.5. The summed E-state index contributed by atoms with van der Waals surface area (Å²) in [6.45, 7) is 1.40. The minimum absolute atomic E-state index is 0.123. The molecule has 0 spiro atoms. The van der Waals surface area contributed by atoms with Crippen LogP contribution < -0.4 is 20.7 Å². The van der Waals surface area contributed by atoms with Crippen LogP contribution in [-0.2, 0) is 0 Å². The smallest absolute Gasteiger partial charge is 0.263 e. The third kappa shape index (κ3) is 2.94. The second-order valence-electron chi connectivity index (χ2n) is 5.67. The molecule has 1 aliphatic carbocycles. The molecule has 6 nitrogen and oxygen atoms in total. The first-order valence-corrected chi connectivity index (χ1v) is 8.12. The van der Waals surface area contributed by atoms with E-state index in [-0.39, 0.29) is 12.0 Å². The number of ether oxygens (including phenoxy) is 1. The first-order chi connectivity index (χ1) is 10.1. The molecule has 2 fully saturated rings. The van der Waals surface area contributed by atoms with Gasteiger partial charge in [0.25, 0.3) is 5.91 Å². The van der Waals surface area contributed by atoms with Gasteiger partial charge in [-0.25, -0.2) is 0 Å². The molecule has 0 aromatic carbocycles. The van der Waals surface area contributed by atoms with Crippen molar-refractivity contribution in [3.63, 3.8) is 0 Å². The van der Waals surface area contributed by atoms with E-state index in [1.165, 1.54) is 11.3 Å². The normalized spacial score (nSPS) is 22.2. The number of nitrogen functional groups attached to an aromatic ring is 1. The quantitative estimate of drug-likeness (QED) is 0.777. The molecule has 4 N–H and O–H groups in total. The van der Waals surface area contributed by atoms with Gasteiger partial charge < -0.3 is 25.8 Å². The van der Waals surface area contributed by atoms with Crippen molar-refractivity contribution in [1.82, 2.24) is 5.32 Å². The Morgan fingerprint density at radius 1 is 1.48 bits per heavy atom. The highest BCUT2D eigenvalue weighted by molar-refractivity contribution is 7.19. The van der Waals surface area contributed by atoms with Crippen LogP contribution in [0.1, 0.15) is 35.4 Å². The Hall–Kier alpha value is -1.47. The standard InChI is InChI=1S/C14H21N3O3S/c1-20-11-10(15)12(13(19)16-8-4-5-8)21-14(11)17-6-2-3-9(18)7-17/h8-9,18H,2-7,15H2,1H3,(H,16,19). The molecule has 2 heterocycles. The molecule has 1 aliphatic heterocycles. The number of β-amino-alcohol motifs (C(OH)–C–C–N with tert-alkyl or cyclic N) is 1. The molecule has 0 bridgehead atoms. The number of nitrogens with one attached hydrogen (secondary N) is 1. The summed E-state index contributed by atoms with van der Waals surface area (Å²) < 4.78 is 5.40. The average molecular weight is 311 g/mol. The summed E-state index contributed by atoms with van der Waals surface area (Å²) in [6, 6.07) is 0.297. The topological polar surface area (TPSA) is 87.8 Å². The Morgan fingerprint density at radius 3 is 2.86 bits per heavy atom. The number of carbonyl (C=O) groups is 1. The van der Waals surface area contributed by atoms with Gasteiger partial charge in [-0.15, -0.1) is 11.3 Å². The molecule has 1 atom stereocenters. The van der Waals surface area contributed by atoms with E-state index < -0.39 is 0 Å². The number of rotatable bonds is 4. The van der Waals surface area contributed by atoms with E-state index in [2.05, 4.69) is 10.2 Å². The largest absolute Gasteiger partial charge is 0.492 e. The van der Waals surface area contributed by atoms with Gasteiger partial charge in [0.1, 0.15) is 15.6 Å². The number of carbonyl (C=O) groups excluding carboxylic acids is 1. The molecule has 1 saturated carbocycles. The van der Waals surface area contributed by atoms with E-state index in [4.69, 9.17) is 10.5 Å². The van der Waals surface area contributed by atoms with Crippen LogP contribution >= 0.6 is 11.3 Å². The Balaban J connectivity index is 1.86. The summed E-state index contributed by atoms with van der Waals surface area (Å²) in [6.07, 6.45) is 3.48. The first-order valence-electron chi connectivity index (χ1n) is 7.30. The lowest BCUT2D eigenvalue weighted by atomic mass is 10.1. The number of thiophene rings is 1. The third-order valence-corrected chi connectivity index (χ3v) is 5.14. The summed E-state index contributed by atoms with van der Waals surface area (Å²) >= 11 is 1.35. The maximum absolute atomic E-state index is 12.2. The number of nitrogens with two attached hydrogens (primary N) is 1. The van der Waals surface area contributed by atoms with E-state index in [0.717, 1.165) is 37.2 Å². The van der Waals surface area contributed by atoms with Gasteiger partial charge in [0.2, 0.25) is 0 Å². The molecule has 3 rings (SSSR count). The van der Waals surface area contributed by atoms with Crippen LogP contribution in [0, 0.1) is 0 Å². The molecule has 1 saturated heterocycles. The lowest BCUT2D eigenvalue weighted by Gasteiger charge is -2.31. The molecule has 2 aliphatic rings. The van der Waals surface area contributed by atoms with Crippen LogP contribution in [0.4, 0.5) is 10.7 Å². The zero-order valence-corrected chi connectivity index (χ0v) is 12.9. The van der Waals surface area contributed by atoms with Gasteiger partial charge in [-0.1, -0.05) is 0 Å². The van der Waals surface area contributed by atoms with Crippen LogP contribution in [-0.4, -0.2) is 43.4 Å². The lowest BCUT2D eigenvalue weighted by molar-refractivity contribution is 0.0955. The Bertz CT molecular complexity index is 542. The summed E-state index contributed by atoms with van der Waals surface area (Å²) in [7, 11) is 1.56. The molecular weight excluding hydrogens is 290 g/mol. The molecule has 0 radical (unpaired) electrons. The number of hydrogen-bond donors (Lipinski definition) is 3. The summed E-state index contributed by atoms with van der Waals surface area (Å²) in [4.78, 5) is 14.8. The minimum atomic E-state index is -0.337. The summed E-state index contributed by atoms with van der Waals surface area (Å²) in [5.74, 6) is 0.428. The summed E-state index contributed by atoms with van der Waals surface area (Å²) in [5.41, 5.74) is 6.49. The van der Waals surface area contributed by atoms with Crippen LogP contribution in [0.2, 0.25) is 0 Å². The van der Waals surface area contributed by atoms with Crippen LogP contribution in [0.5, 0.6) is 5.75 Å². The fraction of sp³-hybridized carbons (Fsp3) is 0.643. The predicted octanol–water partition coefficient (Wildman–Crippen LogP) is 1.19. The van der Waals surface area contributed by atoms with E-state index >= 15 is 0 Å². The van der Waals surface area contributed by atoms with Gasteiger partial charge >= 0.3 is 0 Å². The van der Waals surface area contributed by atoms with Crippen LogP contribution in [0.25, 0.3) is 0 Å². The van der Waals surface area contributed by atoms with E-state index in [1.807, 2.05) is 0 Å². The van der Waals surface area contributed by atoms with Crippen molar-refractivity contribution in [2.24, 2.45) is 0 Å². The molecule has 1 unspecified atom stereocenters. The van der Waals surface area contributed by atoms with Crippen molar-refractivity contribution in [2.45, 2.75) is 37.8 Å². The van der Waals surface area contributed by atoms with E-state index in [0.29, 0.717) is 28.9 Å². The second-order valence-corrected chi connectivity index (χ2v) is 6.67. The SMILES string of the molecule is COc1c(N2CCCC(O)C2)sc(C(=O)NC2CC2)c1N. The molecule has 1 amide bonds. The fourth-order valence-electron chi connectivity index (χ4n) is 2.61. The highest BCUT2D eigenvalue weighted by Gasteiger charge is 2.30. The van der Waals surface area contributed by atoms with Gasteiger partial charge in [0.15, 0.2) is 5.75 Å². The number of aliphatic hydroxyl groups excluding tert-OH is 1. The fourth-order valence-corrected chi connectivity index (χ4v) is 3.74. The second kappa shape index (κ2) is 5.73.